The van der Waals surface area contributed by atoms with Crippen molar-refractivity contribution in [2.75, 3.05) is 6.54 Å². The second kappa shape index (κ2) is 9.89. The Bertz CT molecular complexity index is 386. The normalized spacial score (nSPS) is 13.6. The molecule has 0 radical (unpaired) electrons. The van der Waals surface area contributed by atoms with Crippen LogP contribution in [0.4, 0.5) is 0 Å². The molecule has 0 aliphatic carbocycles. The van der Waals surface area contributed by atoms with E-state index in [2.05, 4.69) is 4.99 Å². The highest BCUT2D eigenvalue weighted by molar-refractivity contribution is 6.59. The minimum absolute atomic E-state index is 0.259. The molecule has 0 bridgehead atoms. The van der Waals surface area contributed by atoms with Gasteiger partial charge in [-0.15, -0.1) is 0 Å². The monoisotopic (exact) mass is 379 g/mol. The van der Waals surface area contributed by atoms with Crippen LogP contribution >= 0.6 is 0 Å². The number of hydrogen-bond acceptors (Lipinski definition) is 8. The maximum absolute atomic E-state index is 10.3. The molecule has 0 aromatic heterocycles. The quantitative estimate of drug-likeness (QED) is 0.142. The maximum atomic E-state index is 10.3. The van der Waals surface area contributed by atoms with E-state index < -0.39 is 25.6 Å². The van der Waals surface area contributed by atoms with Gasteiger partial charge in [-0.2, -0.15) is 0 Å². The van der Waals surface area contributed by atoms with Crippen molar-refractivity contribution in [3.05, 3.63) is 0 Å². The molecule has 148 valence electrons. The first-order chi connectivity index (χ1) is 11.2. The van der Waals surface area contributed by atoms with Crippen molar-refractivity contribution in [2.24, 2.45) is 4.99 Å². The van der Waals surface area contributed by atoms with E-state index in [1.54, 1.807) is 0 Å². The molecule has 0 atom stereocenters. The SMILES string of the molecule is CC(C)(C)OO[Si](CCCN=C=O)(OOC(C)(C)C)OOC(C)(C)C. The molecule has 0 fully saturated rings. The zero-order valence-electron chi connectivity index (χ0n) is 16.9. The van der Waals surface area contributed by atoms with Crippen LogP contribution in [0, 0.1) is 0 Å². The number of aliphatic imine (C=N–C) groups is 1. The molecule has 0 aromatic rings. The summed E-state index contributed by atoms with van der Waals surface area (Å²) in [5.74, 6) is 0. The Hall–Kier alpha value is -0.643. The number of nitrogens with zero attached hydrogens (tertiary/aromatic N) is 1. The van der Waals surface area contributed by atoms with Crippen LogP contribution < -0.4 is 0 Å². The predicted molar refractivity (Wildman–Crippen MR) is 93.9 cm³/mol. The minimum Gasteiger partial charge on any atom is -0.237 e. The Morgan fingerprint density at radius 3 is 1.40 bits per heavy atom. The zero-order valence-corrected chi connectivity index (χ0v) is 17.9. The van der Waals surface area contributed by atoms with Gasteiger partial charge in [-0.05, 0) is 68.7 Å². The Morgan fingerprint density at radius 2 is 1.12 bits per heavy atom. The van der Waals surface area contributed by atoms with Crippen LogP contribution in [0.15, 0.2) is 4.99 Å². The fraction of sp³-hybridized carbons (Fsp3) is 0.938. The van der Waals surface area contributed by atoms with Gasteiger partial charge >= 0.3 is 8.80 Å². The second-order valence-corrected chi connectivity index (χ2v) is 11.0. The van der Waals surface area contributed by atoms with Crippen LogP contribution in [0.5, 0.6) is 0 Å². The van der Waals surface area contributed by atoms with Crippen molar-refractivity contribution in [1.82, 2.24) is 0 Å². The first kappa shape index (κ1) is 24.4. The van der Waals surface area contributed by atoms with E-state index in [-0.39, 0.29) is 12.6 Å². The molecule has 0 rings (SSSR count). The van der Waals surface area contributed by atoms with Gasteiger partial charge in [0.1, 0.15) is 0 Å². The molecule has 0 heterocycles. The molecule has 8 nitrogen and oxygen atoms in total. The molecule has 0 unspecified atom stereocenters. The van der Waals surface area contributed by atoms with Gasteiger partial charge in [-0.3, -0.25) is 0 Å². The van der Waals surface area contributed by atoms with E-state index in [1.807, 2.05) is 62.3 Å². The maximum Gasteiger partial charge on any atom is 0.584 e. The van der Waals surface area contributed by atoms with Gasteiger partial charge in [-0.1, -0.05) is 0 Å². The fourth-order valence-electron chi connectivity index (χ4n) is 1.15. The van der Waals surface area contributed by atoms with Crippen LogP contribution in [0.3, 0.4) is 0 Å². The first-order valence-corrected chi connectivity index (χ1v) is 10.3. The van der Waals surface area contributed by atoms with E-state index in [0.29, 0.717) is 6.42 Å². The molecule has 0 saturated carbocycles. The summed E-state index contributed by atoms with van der Waals surface area (Å²) in [6.45, 7) is 16.7. The predicted octanol–water partition coefficient (Wildman–Crippen LogP) is 3.89. The molecule has 0 amide bonds. The van der Waals surface area contributed by atoms with Crippen LogP contribution in [0.25, 0.3) is 0 Å². The van der Waals surface area contributed by atoms with Gasteiger partial charge in [0.25, 0.3) is 0 Å². The molecule has 0 saturated heterocycles. The third-order valence-electron chi connectivity index (χ3n) is 2.07. The summed E-state index contributed by atoms with van der Waals surface area (Å²) in [4.78, 5) is 30.1. The van der Waals surface area contributed by atoms with Gasteiger partial charge in [0.2, 0.25) is 6.08 Å². The van der Waals surface area contributed by atoms with Crippen LogP contribution in [-0.4, -0.2) is 38.2 Å². The van der Waals surface area contributed by atoms with Crippen molar-refractivity contribution >= 4 is 14.9 Å². The Labute approximate surface area is 151 Å². The van der Waals surface area contributed by atoms with Gasteiger partial charge < -0.3 is 0 Å². The molecule has 0 spiro atoms. The van der Waals surface area contributed by atoms with Crippen molar-refractivity contribution in [3.63, 3.8) is 0 Å². The molecule has 0 aromatic carbocycles. The summed E-state index contributed by atoms with van der Waals surface area (Å²) in [6, 6.07) is 0.278. The summed E-state index contributed by atoms with van der Waals surface area (Å²) in [5.41, 5.74) is -1.76. The third-order valence-corrected chi connectivity index (χ3v) is 4.05. The number of hydrogen-bond donors (Lipinski definition) is 0. The summed E-state index contributed by atoms with van der Waals surface area (Å²) in [7, 11) is -3.53. The molecule has 0 N–H and O–H groups in total. The smallest absolute Gasteiger partial charge is 0.237 e. The van der Waals surface area contributed by atoms with Gasteiger partial charge in [0.05, 0.1) is 23.3 Å². The Morgan fingerprint density at radius 1 is 0.760 bits per heavy atom. The topological polar surface area (TPSA) is 84.8 Å². The van der Waals surface area contributed by atoms with E-state index in [4.69, 9.17) is 28.4 Å². The molecule has 9 heteroatoms. The molecule has 25 heavy (non-hydrogen) atoms. The van der Waals surface area contributed by atoms with Gasteiger partial charge in [-0.25, -0.2) is 38.2 Å². The molecular weight excluding hydrogens is 346 g/mol. The number of isocyanates is 1. The van der Waals surface area contributed by atoms with Crippen molar-refractivity contribution in [3.8, 4) is 0 Å². The largest absolute Gasteiger partial charge is 0.584 e. The van der Waals surface area contributed by atoms with Crippen molar-refractivity contribution in [2.45, 2.75) is 91.6 Å². The average Bonchev–Trinajstić information content (AvgIpc) is 2.42. The highest BCUT2D eigenvalue weighted by Gasteiger charge is 2.49. The van der Waals surface area contributed by atoms with Gasteiger partial charge in [0, 0.05) is 6.04 Å². The lowest BCUT2D eigenvalue weighted by Gasteiger charge is -2.33. The summed E-state index contributed by atoms with van der Waals surface area (Å²) >= 11 is 0. The molecule has 0 aliphatic rings. The van der Waals surface area contributed by atoms with Crippen molar-refractivity contribution in [1.29, 1.82) is 0 Å². The van der Waals surface area contributed by atoms with Crippen LogP contribution in [-0.2, 0) is 33.2 Å². The minimum atomic E-state index is -3.53. The first-order valence-electron chi connectivity index (χ1n) is 8.32. The molecular formula is C16H33NO7Si. The summed E-state index contributed by atoms with van der Waals surface area (Å²) in [5, 5.41) is 0. The van der Waals surface area contributed by atoms with Crippen molar-refractivity contribution < 1.29 is 33.2 Å². The summed E-state index contributed by atoms with van der Waals surface area (Å²) < 4.78 is 16.7. The number of rotatable bonds is 10. The van der Waals surface area contributed by atoms with E-state index in [9.17, 15) is 4.79 Å². The fourth-order valence-corrected chi connectivity index (χ4v) is 3.21. The van der Waals surface area contributed by atoms with Crippen LogP contribution in [0.1, 0.15) is 68.7 Å². The lowest BCUT2D eigenvalue weighted by atomic mass is 10.2. The highest BCUT2D eigenvalue weighted by atomic mass is 28.4. The average molecular weight is 380 g/mol. The van der Waals surface area contributed by atoms with Gasteiger partial charge in [0.15, 0.2) is 0 Å². The van der Waals surface area contributed by atoms with E-state index in [0.717, 1.165) is 0 Å². The second-order valence-electron chi connectivity index (χ2n) is 8.60. The third kappa shape index (κ3) is 14.2. The zero-order chi connectivity index (χ0) is 19.8. The lowest BCUT2D eigenvalue weighted by molar-refractivity contribution is -0.410. The van der Waals surface area contributed by atoms with Crippen LogP contribution in [0.2, 0.25) is 6.04 Å². The Kier molecular flexibility index (Phi) is 9.64. The lowest BCUT2D eigenvalue weighted by Crippen LogP contribution is -2.50. The number of carbonyl (C=O) groups excluding carboxylic acids is 1. The highest BCUT2D eigenvalue weighted by Crippen LogP contribution is 2.26. The molecule has 0 aliphatic heterocycles. The standard InChI is InChI=1S/C16H33NO7Si/c1-14(2,3)19-22-25(12-10-11-17-13-18,23-20-15(4,5)6)24-21-16(7,8)9/h10-12H2,1-9H3. The Balaban J connectivity index is 5.28. The van der Waals surface area contributed by atoms with E-state index in [1.165, 1.54) is 6.08 Å². The van der Waals surface area contributed by atoms with E-state index >= 15 is 0 Å². The summed E-state index contributed by atoms with van der Waals surface area (Å²) in [6.07, 6.45) is 1.95.